The Labute approximate surface area is 168 Å². The van der Waals surface area contributed by atoms with Gasteiger partial charge in [-0.25, -0.2) is 4.39 Å². The van der Waals surface area contributed by atoms with E-state index in [-0.39, 0.29) is 16.5 Å². The minimum atomic E-state index is -0.476. The van der Waals surface area contributed by atoms with Crippen LogP contribution in [0.2, 0.25) is 5.02 Å². The van der Waals surface area contributed by atoms with E-state index in [1.165, 1.54) is 12.1 Å². The van der Waals surface area contributed by atoms with E-state index in [0.29, 0.717) is 37.6 Å². The summed E-state index contributed by atoms with van der Waals surface area (Å²) in [4.78, 5) is 16.4. The molecular weight excluding hydrogens is 381 g/mol. The summed E-state index contributed by atoms with van der Waals surface area (Å²) in [7, 11) is 0. The third kappa shape index (κ3) is 3.78. The van der Waals surface area contributed by atoms with Gasteiger partial charge in [-0.2, -0.15) is 10.4 Å². The van der Waals surface area contributed by atoms with Crippen molar-refractivity contribution in [2.75, 3.05) is 31.1 Å². The molecule has 1 aliphatic rings. The van der Waals surface area contributed by atoms with Crippen molar-refractivity contribution in [2.24, 2.45) is 0 Å². The molecular formula is C20H21ClFN5O. The molecule has 1 aromatic heterocycles. The summed E-state index contributed by atoms with van der Waals surface area (Å²) in [6.45, 7) is 5.97. The quantitative estimate of drug-likeness (QED) is 0.786. The summed E-state index contributed by atoms with van der Waals surface area (Å²) in [5.74, 6) is -0.133. The minimum Gasteiger partial charge on any atom is -0.350 e. The molecule has 0 N–H and O–H groups in total. The lowest BCUT2D eigenvalue weighted by molar-refractivity contribution is 0.0746. The maximum atomic E-state index is 13.2. The van der Waals surface area contributed by atoms with Crippen molar-refractivity contribution in [1.29, 1.82) is 5.26 Å². The molecule has 0 atom stereocenters. The molecule has 146 valence electrons. The van der Waals surface area contributed by atoms with Crippen LogP contribution in [0, 0.1) is 17.1 Å². The molecule has 0 aliphatic carbocycles. The average molecular weight is 402 g/mol. The highest BCUT2D eigenvalue weighted by molar-refractivity contribution is 6.33. The summed E-state index contributed by atoms with van der Waals surface area (Å²) >= 11 is 6.02. The van der Waals surface area contributed by atoms with Gasteiger partial charge in [0, 0.05) is 26.2 Å². The van der Waals surface area contributed by atoms with Gasteiger partial charge in [0.1, 0.15) is 17.4 Å². The van der Waals surface area contributed by atoms with Gasteiger partial charge in [-0.15, -0.1) is 5.10 Å². The first kappa shape index (κ1) is 20.0. The highest BCUT2D eigenvalue weighted by atomic mass is 35.5. The number of nitriles is 1. The van der Waals surface area contributed by atoms with E-state index in [9.17, 15) is 14.4 Å². The molecule has 0 bridgehead atoms. The summed E-state index contributed by atoms with van der Waals surface area (Å²) in [5.41, 5.74) is 2.64. The standard InChI is InChI=1S/C20H21ClFN5O/c1-3-14-16(12-23)19(25-24-18(14)4-2)26-7-9-27(10-8-26)20(28)15-6-5-13(22)11-17(15)21/h5-6,11H,3-4,7-10H2,1-2H3. The summed E-state index contributed by atoms with van der Waals surface area (Å²) in [6.07, 6.45) is 1.45. The van der Waals surface area contributed by atoms with Gasteiger partial charge in [-0.3, -0.25) is 4.79 Å². The first-order valence-corrected chi connectivity index (χ1v) is 9.65. The number of aromatic nitrogens is 2. The number of halogens is 2. The van der Waals surface area contributed by atoms with E-state index in [1.807, 2.05) is 18.7 Å². The molecule has 28 heavy (non-hydrogen) atoms. The van der Waals surface area contributed by atoms with Crippen molar-refractivity contribution < 1.29 is 9.18 Å². The van der Waals surface area contributed by atoms with Crippen LogP contribution in [-0.4, -0.2) is 47.2 Å². The van der Waals surface area contributed by atoms with Gasteiger partial charge in [0.25, 0.3) is 5.91 Å². The molecule has 3 rings (SSSR count). The lowest BCUT2D eigenvalue weighted by Gasteiger charge is -2.36. The normalized spacial score (nSPS) is 14.1. The molecule has 6 nitrogen and oxygen atoms in total. The van der Waals surface area contributed by atoms with Gasteiger partial charge in [0.05, 0.1) is 16.3 Å². The Bertz CT molecular complexity index is 935. The lowest BCUT2D eigenvalue weighted by atomic mass is 10.0. The van der Waals surface area contributed by atoms with Gasteiger partial charge < -0.3 is 9.80 Å². The highest BCUT2D eigenvalue weighted by Gasteiger charge is 2.27. The van der Waals surface area contributed by atoms with E-state index in [0.717, 1.165) is 30.2 Å². The Kier molecular flexibility index (Phi) is 6.10. The van der Waals surface area contributed by atoms with Crippen LogP contribution in [0.1, 0.15) is 41.0 Å². The van der Waals surface area contributed by atoms with Crippen molar-refractivity contribution in [1.82, 2.24) is 15.1 Å². The molecule has 0 saturated carbocycles. The van der Waals surface area contributed by atoms with Crippen molar-refractivity contribution >= 4 is 23.3 Å². The van der Waals surface area contributed by atoms with Crippen molar-refractivity contribution in [2.45, 2.75) is 26.7 Å². The maximum absolute atomic E-state index is 13.2. The molecule has 0 spiro atoms. The van der Waals surface area contributed by atoms with Crippen molar-refractivity contribution in [3.05, 3.63) is 51.4 Å². The third-order valence-corrected chi connectivity index (χ3v) is 5.28. The number of benzene rings is 1. The van der Waals surface area contributed by atoms with E-state index in [4.69, 9.17) is 11.6 Å². The van der Waals surface area contributed by atoms with E-state index in [2.05, 4.69) is 16.3 Å². The fourth-order valence-electron chi connectivity index (χ4n) is 3.46. The van der Waals surface area contributed by atoms with Crippen LogP contribution in [-0.2, 0) is 12.8 Å². The molecule has 0 radical (unpaired) electrons. The summed E-state index contributed by atoms with van der Waals surface area (Å²) < 4.78 is 13.2. The largest absolute Gasteiger partial charge is 0.350 e. The van der Waals surface area contributed by atoms with Crippen LogP contribution in [0.3, 0.4) is 0 Å². The third-order valence-electron chi connectivity index (χ3n) is 4.97. The number of hydrogen-bond donors (Lipinski definition) is 0. The lowest BCUT2D eigenvalue weighted by Crippen LogP contribution is -2.49. The number of piperazine rings is 1. The number of rotatable bonds is 4. The summed E-state index contributed by atoms with van der Waals surface area (Å²) in [6, 6.07) is 6.06. The molecule has 1 aliphatic heterocycles. The average Bonchev–Trinajstić information content (AvgIpc) is 2.72. The molecule has 2 heterocycles. The molecule has 1 saturated heterocycles. The number of carbonyl (C=O) groups is 1. The van der Waals surface area contributed by atoms with Crippen LogP contribution in [0.4, 0.5) is 10.2 Å². The van der Waals surface area contributed by atoms with E-state index < -0.39 is 5.82 Å². The van der Waals surface area contributed by atoms with Gasteiger partial charge in [0.2, 0.25) is 0 Å². The van der Waals surface area contributed by atoms with Crippen LogP contribution >= 0.6 is 11.6 Å². The fourth-order valence-corrected chi connectivity index (χ4v) is 3.70. The smallest absolute Gasteiger partial charge is 0.255 e. The Morgan fingerprint density at radius 2 is 1.93 bits per heavy atom. The van der Waals surface area contributed by atoms with Crippen LogP contribution < -0.4 is 4.90 Å². The molecule has 1 fully saturated rings. The zero-order valence-corrected chi connectivity index (χ0v) is 16.6. The Morgan fingerprint density at radius 3 is 2.50 bits per heavy atom. The zero-order chi connectivity index (χ0) is 20.3. The molecule has 1 amide bonds. The van der Waals surface area contributed by atoms with E-state index >= 15 is 0 Å². The zero-order valence-electron chi connectivity index (χ0n) is 15.9. The first-order chi connectivity index (χ1) is 13.5. The van der Waals surface area contributed by atoms with Crippen LogP contribution in [0.25, 0.3) is 0 Å². The van der Waals surface area contributed by atoms with Gasteiger partial charge in [-0.05, 0) is 36.6 Å². The Morgan fingerprint density at radius 1 is 1.21 bits per heavy atom. The predicted octanol–water partition coefficient (Wildman–Crippen LogP) is 3.23. The molecule has 1 aromatic carbocycles. The second kappa shape index (κ2) is 8.53. The van der Waals surface area contributed by atoms with Crippen molar-refractivity contribution in [3.63, 3.8) is 0 Å². The number of hydrogen-bond acceptors (Lipinski definition) is 5. The SMILES string of the molecule is CCc1nnc(N2CCN(C(=O)c3ccc(F)cc3Cl)CC2)c(C#N)c1CC. The minimum absolute atomic E-state index is 0.104. The number of nitrogens with zero attached hydrogens (tertiary/aromatic N) is 5. The van der Waals surface area contributed by atoms with Crippen LogP contribution in [0.15, 0.2) is 18.2 Å². The second-order valence-electron chi connectivity index (χ2n) is 6.55. The van der Waals surface area contributed by atoms with Crippen LogP contribution in [0.5, 0.6) is 0 Å². The van der Waals surface area contributed by atoms with E-state index in [1.54, 1.807) is 4.90 Å². The Hall–Kier alpha value is -2.72. The second-order valence-corrected chi connectivity index (χ2v) is 6.95. The van der Waals surface area contributed by atoms with Crippen molar-refractivity contribution in [3.8, 4) is 6.07 Å². The molecule has 8 heteroatoms. The number of anilines is 1. The van der Waals surface area contributed by atoms with Gasteiger partial charge >= 0.3 is 0 Å². The number of aryl methyl sites for hydroxylation is 1. The monoisotopic (exact) mass is 401 g/mol. The maximum Gasteiger partial charge on any atom is 0.255 e. The van der Waals surface area contributed by atoms with Gasteiger partial charge in [-0.1, -0.05) is 25.4 Å². The first-order valence-electron chi connectivity index (χ1n) is 9.27. The van der Waals surface area contributed by atoms with Gasteiger partial charge in [0.15, 0.2) is 5.82 Å². The summed E-state index contributed by atoms with van der Waals surface area (Å²) in [5, 5.41) is 18.4. The number of carbonyl (C=O) groups excluding carboxylic acids is 1. The molecule has 2 aromatic rings. The topological polar surface area (TPSA) is 73.1 Å². The highest BCUT2D eigenvalue weighted by Crippen LogP contribution is 2.25. The molecule has 0 unspecified atom stereocenters. The fraction of sp³-hybridized carbons (Fsp3) is 0.400. The predicted molar refractivity (Wildman–Crippen MR) is 105 cm³/mol. The Balaban J connectivity index is 1.77. The number of amides is 1.